The Balaban J connectivity index is 0.940. The summed E-state index contributed by atoms with van der Waals surface area (Å²) in [5, 5.41) is 7.67. The number of fused-ring (bicyclic) bond motifs is 9. The Bertz CT molecular complexity index is 3460. The number of aromatic nitrogens is 2. The molecule has 0 amide bonds. The van der Waals surface area contributed by atoms with Crippen LogP contribution in [0.3, 0.4) is 0 Å². The number of nitrogens with zero attached hydrogens (tertiary/aromatic N) is 2. The number of rotatable bonds is 5. The molecule has 0 aliphatic rings. The van der Waals surface area contributed by atoms with Crippen LogP contribution in [0.5, 0.6) is 0 Å². The Labute approximate surface area is 333 Å². The fraction of sp³-hybridized carbons (Fsp3) is 0. The molecule has 0 unspecified atom stereocenters. The number of benzene rings is 9. The van der Waals surface area contributed by atoms with Crippen LogP contribution in [0.2, 0.25) is 0 Å². The molecule has 0 saturated heterocycles. The van der Waals surface area contributed by atoms with Gasteiger partial charge in [-0.1, -0.05) is 152 Å². The smallest absolute Gasteiger partial charge is 0.0542 e. The molecule has 3 heterocycles. The first-order valence-electron chi connectivity index (χ1n) is 19.5. The zero-order valence-electron chi connectivity index (χ0n) is 30.9. The number of hydrogen-bond acceptors (Lipinski definition) is 1. The summed E-state index contributed by atoms with van der Waals surface area (Å²) in [5.74, 6) is 0. The first-order chi connectivity index (χ1) is 28.3. The zero-order chi connectivity index (χ0) is 37.5. The molecule has 266 valence electrons. The van der Waals surface area contributed by atoms with Gasteiger partial charge in [-0.15, -0.1) is 11.3 Å². The molecule has 3 heteroatoms. The second-order valence-corrected chi connectivity index (χ2v) is 15.9. The molecule has 12 rings (SSSR count). The molecule has 3 aromatic heterocycles. The molecule has 0 spiro atoms. The molecule has 0 radical (unpaired) electrons. The van der Waals surface area contributed by atoms with Crippen LogP contribution in [-0.2, 0) is 0 Å². The average molecular weight is 743 g/mol. The van der Waals surface area contributed by atoms with Crippen LogP contribution in [-0.4, -0.2) is 9.13 Å². The monoisotopic (exact) mass is 742 g/mol. The molecule has 2 nitrogen and oxygen atoms in total. The van der Waals surface area contributed by atoms with Crippen LogP contribution >= 0.6 is 11.3 Å². The molecular weight excluding hydrogens is 709 g/mol. The Hall–Kier alpha value is -7.20. The van der Waals surface area contributed by atoms with E-state index in [9.17, 15) is 0 Å². The van der Waals surface area contributed by atoms with E-state index in [0.29, 0.717) is 0 Å². The van der Waals surface area contributed by atoms with Crippen molar-refractivity contribution in [3.05, 3.63) is 206 Å². The fourth-order valence-corrected chi connectivity index (χ4v) is 10.5. The van der Waals surface area contributed by atoms with Crippen LogP contribution in [0.1, 0.15) is 0 Å². The second-order valence-electron chi connectivity index (χ2n) is 14.9. The normalized spacial score (nSPS) is 11.9. The summed E-state index contributed by atoms with van der Waals surface area (Å²) in [6.07, 6.45) is 0. The van der Waals surface area contributed by atoms with Gasteiger partial charge in [0.05, 0.1) is 22.1 Å². The van der Waals surface area contributed by atoms with Gasteiger partial charge in [0.15, 0.2) is 0 Å². The van der Waals surface area contributed by atoms with Crippen molar-refractivity contribution in [1.82, 2.24) is 9.13 Å². The zero-order valence-corrected chi connectivity index (χ0v) is 31.7. The van der Waals surface area contributed by atoms with E-state index in [1.807, 2.05) is 11.3 Å². The maximum absolute atomic E-state index is 2.41. The summed E-state index contributed by atoms with van der Waals surface area (Å²) in [4.78, 5) is 0. The van der Waals surface area contributed by atoms with Crippen molar-refractivity contribution in [1.29, 1.82) is 0 Å². The lowest BCUT2D eigenvalue weighted by Crippen LogP contribution is -1.96. The highest BCUT2D eigenvalue weighted by Gasteiger charge is 2.17. The van der Waals surface area contributed by atoms with Gasteiger partial charge in [-0.05, 0) is 88.0 Å². The van der Waals surface area contributed by atoms with Crippen molar-refractivity contribution >= 4 is 75.1 Å². The van der Waals surface area contributed by atoms with Crippen LogP contribution in [0, 0.1) is 0 Å². The van der Waals surface area contributed by atoms with E-state index in [0.717, 1.165) is 5.69 Å². The van der Waals surface area contributed by atoms with Crippen molar-refractivity contribution in [2.75, 3.05) is 0 Å². The minimum atomic E-state index is 1.15. The molecule has 12 aromatic rings. The third-order valence-corrected chi connectivity index (χ3v) is 13.0. The second kappa shape index (κ2) is 12.7. The highest BCUT2D eigenvalue weighted by atomic mass is 32.1. The Morgan fingerprint density at radius 2 is 0.719 bits per heavy atom. The standard InChI is InChI=1S/C54H34N2S/c1-2-13-36(14-3-1)41-20-11-22-46-47-23-12-21-42(54(47)57-53(41)46)38-16-10-15-37(33-38)35-27-29-39(30-28-35)55-51-26-9-6-19-45(51)48-34-40(31-32-52(48)55)56-49-24-7-4-17-43(49)44-18-5-8-25-50(44)56/h1-34H. The summed E-state index contributed by atoms with van der Waals surface area (Å²) in [6, 6.07) is 75.5. The SMILES string of the molecule is c1ccc(-c2cccc3c2sc2c(-c4cccc(-c5ccc(-n6c7ccccc7c7cc(-n8c9ccccc9c9ccccc98)ccc76)cc5)c4)cccc23)cc1. The van der Waals surface area contributed by atoms with Crippen LogP contribution in [0.15, 0.2) is 206 Å². The molecule has 0 aliphatic heterocycles. The van der Waals surface area contributed by atoms with Crippen molar-refractivity contribution < 1.29 is 0 Å². The first-order valence-corrected chi connectivity index (χ1v) is 20.3. The fourth-order valence-electron chi connectivity index (χ4n) is 9.14. The molecule has 0 fully saturated rings. The molecule has 0 saturated carbocycles. The van der Waals surface area contributed by atoms with Crippen LogP contribution in [0.25, 0.3) is 109 Å². The Morgan fingerprint density at radius 3 is 1.37 bits per heavy atom. The van der Waals surface area contributed by atoms with E-state index in [1.165, 1.54) is 103 Å². The first kappa shape index (κ1) is 32.1. The van der Waals surface area contributed by atoms with Crippen LogP contribution < -0.4 is 0 Å². The van der Waals surface area contributed by atoms with Crippen molar-refractivity contribution in [2.45, 2.75) is 0 Å². The van der Waals surface area contributed by atoms with E-state index < -0.39 is 0 Å². The van der Waals surface area contributed by atoms with Gasteiger partial charge in [-0.2, -0.15) is 0 Å². The minimum Gasteiger partial charge on any atom is -0.309 e. The molecule has 0 bridgehead atoms. The maximum atomic E-state index is 2.41. The summed E-state index contributed by atoms with van der Waals surface area (Å²) in [6.45, 7) is 0. The van der Waals surface area contributed by atoms with E-state index >= 15 is 0 Å². The number of para-hydroxylation sites is 3. The third kappa shape index (κ3) is 4.96. The molecular formula is C54H34N2S. The lowest BCUT2D eigenvalue weighted by atomic mass is 9.97. The highest BCUT2D eigenvalue weighted by molar-refractivity contribution is 7.26. The summed E-state index contributed by atoms with van der Waals surface area (Å²) < 4.78 is 7.48. The summed E-state index contributed by atoms with van der Waals surface area (Å²) >= 11 is 1.90. The predicted molar refractivity (Wildman–Crippen MR) is 244 cm³/mol. The van der Waals surface area contributed by atoms with Crippen molar-refractivity contribution in [3.8, 4) is 44.8 Å². The van der Waals surface area contributed by atoms with Gasteiger partial charge in [-0.25, -0.2) is 0 Å². The van der Waals surface area contributed by atoms with Crippen molar-refractivity contribution in [2.24, 2.45) is 0 Å². The highest BCUT2D eigenvalue weighted by Crippen LogP contribution is 2.44. The molecule has 0 aliphatic carbocycles. The van der Waals surface area contributed by atoms with Gasteiger partial charge in [0.1, 0.15) is 0 Å². The number of hydrogen-bond donors (Lipinski definition) is 0. The average Bonchev–Trinajstić information content (AvgIpc) is 3.94. The Kier molecular flexibility index (Phi) is 7.13. The van der Waals surface area contributed by atoms with Gasteiger partial charge >= 0.3 is 0 Å². The summed E-state index contributed by atoms with van der Waals surface area (Å²) in [5.41, 5.74) is 14.6. The Morgan fingerprint density at radius 1 is 0.263 bits per heavy atom. The molecule has 9 aromatic carbocycles. The van der Waals surface area contributed by atoms with Crippen LogP contribution in [0.4, 0.5) is 0 Å². The maximum Gasteiger partial charge on any atom is 0.0542 e. The predicted octanol–water partition coefficient (Wildman–Crippen LogP) is 15.2. The van der Waals surface area contributed by atoms with Gasteiger partial charge in [0, 0.05) is 53.1 Å². The van der Waals surface area contributed by atoms with Gasteiger partial charge in [-0.3, -0.25) is 0 Å². The van der Waals surface area contributed by atoms with Gasteiger partial charge in [0.2, 0.25) is 0 Å². The molecule has 0 N–H and O–H groups in total. The van der Waals surface area contributed by atoms with Crippen molar-refractivity contribution in [3.63, 3.8) is 0 Å². The van der Waals surface area contributed by atoms with Gasteiger partial charge in [0.25, 0.3) is 0 Å². The molecule has 57 heavy (non-hydrogen) atoms. The van der Waals surface area contributed by atoms with Gasteiger partial charge < -0.3 is 9.13 Å². The van der Waals surface area contributed by atoms with E-state index in [1.54, 1.807) is 0 Å². The summed E-state index contributed by atoms with van der Waals surface area (Å²) in [7, 11) is 0. The topological polar surface area (TPSA) is 9.86 Å². The largest absolute Gasteiger partial charge is 0.309 e. The third-order valence-electron chi connectivity index (χ3n) is 11.7. The van der Waals surface area contributed by atoms with E-state index in [-0.39, 0.29) is 0 Å². The minimum absolute atomic E-state index is 1.15. The lowest BCUT2D eigenvalue weighted by Gasteiger charge is -2.12. The van der Waals surface area contributed by atoms with E-state index in [2.05, 4.69) is 215 Å². The quantitative estimate of drug-likeness (QED) is 0.166. The lowest BCUT2D eigenvalue weighted by molar-refractivity contribution is 1.17. The van der Waals surface area contributed by atoms with E-state index in [4.69, 9.17) is 0 Å². The number of thiophene rings is 1. The molecule has 0 atom stereocenters.